The predicted molar refractivity (Wildman–Crippen MR) is 279 cm³/mol. The number of hydrogen-bond acceptors (Lipinski definition) is 17. The predicted octanol–water partition coefficient (Wildman–Crippen LogP) is -4.78. The van der Waals surface area contributed by atoms with Crippen molar-refractivity contribution in [2.45, 2.75) is 138 Å². The van der Waals surface area contributed by atoms with E-state index in [0.717, 1.165) is 4.90 Å². The molecule has 27 nitrogen and oxygen atoms in total. The molecule has 6 rings (SSSR count). The number of aliphatic hydroxyl groups excluding tert-OH is 3. The van der Waals surface area contributed by atoms with Gasteiger partial charge in [-0.05, 0) is 37.3 Å². The number of aliphatic hydroxyl groups is 3. The lowest BCUT2D eigenvalue weighted by molar-refractivity contribution is -0.144. The number of likely N-dealkylation sites (tertiary alicyclic amines) is 1. The van der Waals surface area contributed by atoms with E-state index in [1.165, 1.54) is 17.9 Å². The van der Waals surface area contributed by atoms with E-state index in [1.54, 1.807) is 32.9 Å². The first-order valence-electron chi connectivity index (χ1n) is 25.6. The number of carbonyl (C=O) groups is 11. The molecule has 13 N–H and O–H groups in total. The quantitative estimate of drug-likeness (QED) is 0.0509. The van der Waals surface area contributed by atoms with E-state index in [9.17, 15) is 68.1 Å². The molecular formula is C49H69N11O16S2. The van der Waals surface area contributed by atoms with Crippen molar-refractivity contribution in [1.29, 1.82) is 0 Å². The molecule has 11 amide bonds. The Morgan fingerprint density at radius 2 is 1.54 bits per heavy atom. The van der Waals surface area contributed by atoms with Crippen molar-refractivity contribution in [3.63, 3.8) is 0 Å². The van der Waals surface area contributed by atoms with Crippen LogP contribution in [0.5, 0.6) is 5.75 Å². The lowest BCUT2D eigenvalue weighted by Gasteiger charge is -2.32. The zero-order valence-electron chi connectivity index (χ0n) is 43.7. The summed E-state index contributed by atoms with van der Waals surface area (Å²) < 4.78 is 21.3. The molecule has 5 heterocycles. The molecule has 1 aromatic heterocycles. The lowest BCUT2D eigenvalue weighted by atomic mass is 9.93. The van der Waals surface area contributed by atoms with Crippen LogP contribution in [0.15, 0.2) is 23.2 Å². The highest BCUT2D eigenvalue weighted by molar-refractivity contribution is 7.91. The third-order valence-corrected chi connectivity index (χ3v) is 16.1. The van der Waals surface area contributed by atoms with Crippen LogP contribution in [0.1, 0.15) is 72.3 Å². The number of ether oxygens (including phenoxy) is 1. The standard InChI is InChI=1S/C49H69N11O16S2/c1-6-22(3)40-45(71)52-15-37(65)53-32-20-78(75)47-28(27-8-7-26(11-29(27)56-47)76-23(4)9-21(2)17-60-39(67)14-35(77)49(60)74)12-30(42(68)51-16-38(66)57-40)54-46(72)41(24(5)34(63)19-61)58-44(70)33-10-25(62)18-59(33)48(73)31(13-36(50)64)55-43(32)69/h7-8,11,21-25,30-35,40-41,56,61-63,77H,6,9-10,12-20H2,1-5H3,(H2,50,64)(H,51,68)(H,52,71)(H,53,65)(H,54,72)(H,55,69)(H,57,66)(H,58,70). The topological polar surface area (TPSA) is 413 Å². The van der Waals surface area contributed by atoms with E-state index < -0.39 is 187 Å². The van der Waals surface area contributed by atoms with Crippen LogP contribution in [0.2, 0.25) is 0 Å². The molecule has 14 atom stereocenters. The normalized spacial score (nSPS) is 28.4. The smallest absolute Gasteiger partial charge is 0.248 e. The zero-order chi connectivity index (χ0) is 57.4. The maximum Gasteiger partial charge on any atom is 0.248 e. The van der Waals surface area contributed by atoms with Crippen LogP contribution in [0.3, 0.4) is 0 Å². The molecule has 2 saturated heterocycles. The summed E-state index contributed by atoms with van der Waals surface area (Å²) in [4.78, 5) is 156. The molecule has 428 valence electrons. The van der Waals surface area contributed by atoms with E-state index >= 15 is 4.55 Å². The number of primary amides is 1. The molecule has 4 aliphatic heterocycles. The number of hydrogen-bond donors (Lipinski definition) is 13. The Kier molecular flexibility index (Phi) is 20.6. The van der Waals surface area contributed by atoms with Gasteiger partial charge in [-0.3, -0.25) is 57.6 Å². The summed E-state index contributed by atoms with van der Waals surface area (Å²) in [6.07, 6.45) is -4.68. The van der Waals surface area contributed by atoms with Gasteiger partial charge in [0.05, 0.1) is 55.2 Å². The number of fused-ring (bicyclic) bond motifs is 5. The van der Waals surface area contributed by atoms with Gasteiger partial charge in [-0.15, -0.1) is 0 Å². The number of nitrogens with one attached hydrogen (secondary N) is 8. The van der Waals surface area contributed by atoms with E-state index in [2.05, 4.69) is 54.8 Å². The van der Waals surface area contributed by atoms with Crippen LogP contribution in [-0.4, -0.2) is 198 Å². The minimum atomic E-state index is -2.44. The molecular weight excluding hydrogens is 1060 g/mol. The first-order chi connectivity index (χ1) is 36.8. The van der Waals surface area contributed by atoms with Crippen LogP contribution in [0.25, 0.3) is 10.9 Å². The molecule has 29 heteroatoms. The highest BCUT2D eigenvalue weighted by Gasteiger charge is 2.46. The van der Waals surface area contributed by atoms with Gasteiger partial charge in [-0.25, -0.2) is 0 Å². The van der Waals surface area contributed by atoms with Gasteiger partial charge in [-0.1, -0.05) is 34.1 Å². The van der Waals surface area contributed by atoms with Gasteiger partial charge in [0.1, 0.15) is 41.7 Å². The second-order valence-electron chi connectivity index (χ2n) is 20.5. The van der Waals surface area contributed by atoms with E-state index in [4.69, 9.17) is 10.5 Å². The Morgan fingerprint density at radius 3 is 2.18 bits per heavy atom. The molecule has 14 unspecified atom stereocenters. The van der Waals surface area contributed by atoms with Gasteiger partial charge < -0.3 is 77.4 Å². The minimum absolute atomic E-state index is 0.00155. The number of imide groups is 1. The summed E-state index contributed by atoms with van der Waals surface area (Å²) in [6, 6.07) is -5.49. The monoisotopic (exact) mass is 1130 g/mol. The number of aromatic nitrogens is 1. The second-order valence-corrected chi connectivity index (χ2v) is 22.5. The number of nitrogens with zero attached hydrogens (tertiary/aromatic N) is 2. The number of aromatic amines is 1. The van der Waals surface area contributed by atoms with Crippen molar-refractivity contribution in [3.05, 3.63) is 23.8 Å². The molecule has 2 bridgehead atoms. The van der Waals surface area contributed by atoms with Crippen molar-refractivity contribution in [3.8, 4) is 5.75 Å². The lowest BCUT2D eigenvalue weighted by Crippen LogP contribution is -2.62. The van der Waals surface area contributed by atoms with Crippen molar-refractivity contribution < 1.29 is 77.3 Å². The molecule has 78 heavy (non-hydrogen) atoms. The summed E-state index contributed by atoms with van der Waals surface area (Å²) in [5.74, 6) is -12.7. The number of carbonyl (C=O) groups excluding carboxylic acids is 11. The highest BCUT2D eigenvalue weighted by Crippen LogP contribution is 2.33. The minimum Gasteiger partial charge on any atom is -0.610 e. The Morgan fingerprint density at radius 1 is 0.859 bits per heavy atom. The van der Waals surface area contributed by atoms with Crippen LogP contribution >= 0.6 is 12.6 Å². The molecule has 4 aliphatic rings. The summed E-state index contributed by atoms with van der Waals surface area (Å²) in [6.45, 7) is 5.42. The zero-order valence-corrected chi connectivity index (χ0v) is 45.4. The molecule has 0 aliphatic carbocycles. The van der Waals surface area contributed by atoms with Crippen molar-refractivity contribution in [2.24, 2.45) is 23.5 Å². The summed E-state index contributed by atoms with van der Waals surface area (Å²) in [7, 11) is 0. The van der Waals surface area contributed by atoms with Crippen LogP contribution in [0, 0.1) is 17.8 Å². The molecule has 2 fully saturated rings. The summed E-state index contributed by atoms with van der Waals surface area (Å²) >= 11 is 1.76. The fourth-order valence-electron chi connectivity index (χ4n) is 9.86. The molecule has 2 aromatic rings. The fourth-order valence-corrected chi connectivity index (χ4v) is 11.5. The van der Waals surface area contributed by atoms with Gasteiger partial charge in [0.15, 0.2) is 6.04 Å². The Labute approximate surface area is 456 Å². The molecule has 0 radical (unpaired) electrons. The number of thiol groups is 1. The van der Waals surface area contributed by atoms with Crippen LogP contribution in [-0.2, 0) is 70.3 Å². The van der Waals surface area contributed by atoms with E-state index in [1.807, 2.05) is 6.92 Å². The largest absolute Gasteiger partial charge is 0.610 e. The summed E-state index contributed by atoms with van der Waals surface area (Å²) in [5, 5.41) is 48.4. The highest BCUT2D eigenvalue weighted by atomic mass is 32.2. The SMILES string of the molecule is CCC(C)C1NC(=O)CNC(=O)C2Cc3c([nH]c4cc(OC(C)CC(C)CN5C(=O)CC(S)C5=O)ccc34)[S+]([O-])CC(NC(=O)CNC1=O)C(=O)NC(CC(N)=O)C(=O)N1CC(O)CC1C(=O)NC(C(C)C(O)CO)C(=O)N2. The van der Waals surface area contributed by atoms with Crippen molar-refractivity contribution in [1.82, 2.24) is 52.0 Å². The second kappa shape index (κ2) is 26.4. The first kappa shape index (κ1) is 60.7. The van der Waals surface area contributed by atoms with Gasteiger partial charge in [0.25, 0.3) is 0 Å². The van der Waals surface area contributed by atoms with Gasteiger partial charge in [0.2, 0.25) is 70.0 Å². The summed E-state index contributed by atoms with van der Waals surface area (Å²) in [5.41, 5.74) is 5.88. The number of amides is 11. The molecule has 1 aromatic carbocycles. The average Bonchev–Trinajstić information content (AvgIpc) is 4.03. The van der Waals surface area contributed by atoms with Gasteiger partial charge >= 0.3 is 0 Å². The Hall–Kier alpha value is -6.53. The number of rotatable bonds is 13. The number of H-pyrrole nitrogens is 1. The third-order valence-electron chi connectivity index (χ3n) is 14.3. The first-order valence-corrected chi connectivity index (χ1v) is 27.5. The Bertz CT molecular complexity index is 2660. The number of benzene rings is 1. The number of nitrogens with two attached hydrogens (primary N) is 1. The Balaban J connectivity index is 1.49. The van der Waals surface area contributed by atoms with Gasteiger partial charge in [-0.2, -0.15) is 12.6 Å². The van der Waals surface area contributed by atoms with Gasteiger partial charge in [0, 0.05) is 66.5 Å². The third kappa shape index (κ3) is 14.8. The molecule has 0 saturated carbocycles. The van der Waals surface area contributed by atoms with E-state index in [0.29, 0.717) is 12.8 Å². The van der Waals surface area contributed by atoms with E-state index in [-0.39, 0.29) is 57.9 Å². The fraction of sp³-hybridized carbons (Fsp3) is 0.612. The molecule has 0 spiro atoms. The maximum atomic E-state index is 15.0. The van der Waals surface area contributed by atoms with Crippen molar-refractivity contribution >= 4 is 99.7 Å². The maximum absolute atomic E-state index is 15.0. The average molecular weight is 1130 g/mol. The van der Waals surface area contributed by atoms with Crippen LogP contribution in [0.4, 0.5) is 0 Å². The van der Waals surface area contributed by atoms with Crippen molar-refractivity contribution in [2.75, 3.05) is 38.5 Å². The van der Waals surface area contributed by atoms with Crippen LogP contribution < -0.4 is 47.7 Å².